The van der Waals surface area contributed by atoms with Crippen LogP contribution in [-0.2, 0) is 33.5 Å². The van der Waals surface area contributed by atoms with E-state index in [0.29, 0.717) is 49.0 Å². The van der Waals surface area contributed by atoms with Crippen molar-refractivity contribution in [2.24, 2.45) is 0 Å². The number of ether oxygens (including phenoxy) is 4. The van der Waals surface area contributed by atoms with Crippen LogP contribution in [0.1, 0.15) is 49.3 Å². The fourth-order valence-corrected chi connectivity index (χ4v) is 4.58. The molecule has 0 N–H and O–H groups in total. The molecule has 0 aliphatic carbocycles. The zero-order chi connectivity index (χ0) is 26.9. The highest BCUT2D eigenvalue weighted by Gasteiger charge is 2.22. The van der Waals surface area contributed by atoms with Gasteiger partial charge in [0.15, 0.2) is 17.9 Å². The number of fused-ring (bicyclic) bond motifs is 1. The average Bonchev–Trinajstić information content (AvgIpc) is 2.91. The van der Waals surface area contributed by atoms with Crippen LogP contribution >= 0.6 is 0 Å². The Balaban J connectivity index is 1.28. The summed E-state index contributed by atoms with van der Waals surface area (Å²) in [6, 6.07) is 13.1. The van der Waals surface area contributed by atoms with Crippen molar-refractivity contribution < 1.29 is 36.5 Å². The second-order valence-corrected chi connectivity index (χ2v) is 9.57. The quantitative estimate of drug-likeness (QED) is 0.169. The zero-order valence-electron chi connectivity index (χ0n) is 21.6. The number of unbranched alkanes of at least 4 members (excludes halogenated alkanes) is 2. The Kier molecular flexibility index (Phi) is 10.4. The first kappa shape index (κ1) is 28.3. The van der Waals surface area contributed by atoms with Crippen LogP contribution in [0.15, 0.2) is 48.5 Å². The number of rotatable bonds is 13. The van der Waals surface area contributed by atoms with Gasteiger partial charge in [0.2, 0.25) is 0 Å². The first-order chi connectivity index (χ1) is 18.4. The van der Waals surface area contributed by atoms with Gasteiger partial charge in [-0.15, -0.1) is 0 Å². The van der Waals surface area contributed by atoms with E-state index in [-0.39, 0.29) is 18.2 Å². The lowest BCUT2D eigenvalue weighted by Crippen LogP contribution is -2.37. The molecule has 4 rings (SSSR count). The largest absolute Gasteiger partial charge is 0.432 e. The maximum absolute atomic E-state index is 15.2. The molecule has 0 saturated carbocycles. The van der Waals surface area contributed by atoms with Crippen molar-refractivity contribution in [2.45, 2.75) is 70.9 Å². The fourth-order valence-electron chi connectivity index (χ4n) is 4.58. The molecule has 1 aliphatic rings. The third-order valence-corrected chi connectivity index (χ3v) is 6.70. The van der Waals surface area contributed by atoms with Crippen molar-refractivity contribution in [3.8, 4) is 5.75 Å². The predicted molar refractivity (Wildman–Crippen MR) is 138 cm³/mol. The molecular weight excluding hydrogens is 500 g/mol. The lowest BCUT2D eigenvalue weighted by molar-refractivity contribution is -0.227. The van der Waals surface area contributed by atoms with E-state index in [9.17, 15) is 13.2 Å². The zero-order valence-corrected chi connectivity index (χ0v) is 21.6. The van der Waals surface area contributed by atoms with Gasteiger partial charge in [0.25, 0.3) is 0 Å². The Morgan fingerprint density at radius 2 is 1.66 bits per heavy atom. The summed E-state index contributed by atoms with van der Waals surface area (Å²) in [7, 11) is 0. The second kappa shape index (κ2) is 13.9. The summed E-state index contributed by atoms with van der Waals surface area (Å²) in [5.74, 6) is -1.68. The SMILES string of the molecule is CCCCCOC1COC(CCc2ccc3c(F)c(CCc4ccc(OC(F)F)c(F)c4)ccc3c2)OC1. The third-order valence-electron chi connectivity index (χ3n) is 6.70. The molecule has 8 heteroatoms. The highest BCUT2D eigenvalue weighted by molar-refractivity contribution is 5.84. The van der Waals surface area contributed by atoms with Gasteiger partial charge in [0.1, 0.15) is 11.9 Å². The van der Waals surface area contributed by atoms with Crippen molar-refractivity contribution in [1.29, 1.82) is 0 Å². The number of halogens is 4. The lowest BCUT2D eigenvalue weighted by atomic mass is 9.98. The molecule has 0 bridgehead atoms. The minimum atomic E-state index is -3.09. The van der Waals surface area contributed by atoms with E-state index >= 15 is 4.39 Å². The number of hydrogen-bond acceptors (Lipinski definition) is 4. The van der Waals surface area contributed by atoms with E-state index in [0.717, 1.165) is 49.3 Å². The van der Waals surface area contributed by atoms with E-state index in [4.69, 9.17) is 14.2 Å². The molecule has 1 saturated heterocycles. The summed E-state index contributed by atoms with van der Waals surface area (Å²) in [6.45, 7) is 0.861. The first-order valence-electron chi connectivity index (χ1n) is 13.2. The maximum Gasteiger partial charge on any atom is 0.387 e. The Hall–Kier alpha value is -2.68. The standard InChI is InChI=1S/C30H34F4O4/c1-2-3-4-15-35-24-18-36-28(37-19-24)14-8-20-6-12-25-23(16-20)11-10-22(29(25)32)9-5-21-7-13-27(26(31)17-21)38-30(33)34/h6-7,10-13,16-17,24,28,30H,2-5,8-9,14-15,18-19H2,1H3. The van der Waals surface area contributed by atoms with Crippen LogP contribution in [-0.4, -0.2) is 38.8 Å². The second-order valence-electron chi connectivity index (χ2n) is 9.57. The smallest absolute Gasteiger partial charge is 0.387 e. The summed E-state index contributed by atoms with van der Waals surface area (Å²) >= 11 is 0. The summed E-state index contributed by atoms with van der Waals surface area (Å²) in [5, 5.41) is 1.32. The molecule has 0 spiro atoms. The molecule has 1 fully saturated rings. The molecule has 1 heterocycles. The summed E-state index contributed by atoms with van der Waals surface area (Å²) in [4.78, 5) is 0. The van der Waals surface area contributed by atoms with Crippen molar-refractivity contribution in [2.75, 3.05) is 19.8 Å². The first-order valence-corrected chi connectivity index (χ1v) is 13.2. The molecule has 0 atom stereocenters. The maximum atomic E-state index is 15.2. The average molecular weight is 535 g/mol. The molecule has 38 heavy (non-hydrogen) atoms. The van der Waals surface area contributed by atoms with Crippen LogP contribution in [0.5, 0.6) is 5.75 Å². The van der Waals surface area contributed by atoms with Crippen LogP contribution in [0.2, 0.25) is 0 Å². The molecule has 0 unspecified atom stereocenters. The summed E-state index contributed by atoms with van der Waals surface area (Å²) in [5.41, 5.74) is 2.14. The Morgan fingerprint density at radius 1 is 0.895 bits per heavy atom. The van der Waals surface area contributed by atoms with Crippen LogP contribution < -0.4 is 4.74 Å². The van der Waals surface area contributed by atoms with Gasteiger partial charge in [-0.3, -0.25) is 0 Å². The van der Waals surface area contributed by atoms with E-state index in [1.807, 2.05) is 18.2 Å². The van der Waals surface area contributed by atoms with Crippen molar-refractivity contribution in [3.05, 3.63) is 76.9 Å². The van der Waals surface area contributed by atoms with E-state index < -0.39 is 18.2 Å². The topological polar surface area (TPSA) is 36.9 Å². The van der Waals surface area contributed by atoms with Gasteiger partial charge in [0, 0.05) is 18.4 Å². The van der Waals surface area contributed by atoms with Gasteiger partial charge in [-0.1, -0.05) is 56.2 Å². The third kappa shape index (κ3) is 7.91. The van der Waals surface area contributed by atoms with Gasteiger partial charge in [0.05, 0.1) is 13.2 Å². The molecule has 0 amide bonds. The molecular formula is C30H34F4O4. The highest BCUT2D eigenvalue weighted by atomic mass is 19.3. The van der Waals surface area contributed by atoms with Crippen LogP contribution in [0.3, 0.4) is 0 Å². The van der Waals surface area contributed by atoms with Crippen LogP contribution in [0, 0.1) is 11.6 Å². The van der Waals surface area contributed by atoms with Crippen LogP contribution in [0.25, 0.3) is 10.8 Å². The minimum absolute atomic E-state index is 0.0150. The van der Waals surface area contributed by atoms with E-state index in [2.05, 4.69) is 11.7 Å². The predicted octanol–water partition coefficient (Wildman–Crippen LogP) is 7.39. The fraction of sp³-hybridized carbons (Fsp3) is 0.467. The van der Waals surface area contributed by atoms with Crippen molar-refractivity contribution in [3.63, 3.8) is 0 Å². The Labute approximate surface area is 220 Å². The molecule has 4 nitrogen and oxygen atoms in total. The molecule has 206 valence electrons. The van der Waals surface area contributed by atoms with Gasteiger partial charge in [-0.25, -0.2) is 8.78 Å². The summed E-state index contributed by atoms with van der Waals surface area (Å²) in [6.07, 6.45) is 5.22. The van der Waals surface area contributed by atoms with Crippen molar-refractivity contribution in [1.82, 2.24) is 0 Å². The van der Waals surface area contributed by atoms with Gasteiger partial charge in [-0.2, -0.15) is 8.78 Å². The highest BCUT2D eigenvalue weighted by Crippen LogP contribution is 2.26. The Bertz CT molecular complexity index is 1180. The monoisotopic (exact) mass is 534 g/mol. The van der Waals surface area contributed by atoms with Gasteiger partial charge in [-0.05, 0) is 59.9 Å². The molecule has 3 aromatic rings. The normalized spacial score (nSPS) is 17.8. The van der Waals surface area contributed by atoms with E-state index in [1.54, 1.807) is 12.1 Å². The molecule has 0 radical (unpaired) electrons. The molecule has 0 aromatic heterocycles. The number of hydrogen-bond donors (Lipinski definition) is 0. The number of alkyl halides is 2. The molecule has 1 aliphatic heterocycles. The number of aryl methyl sites for hydroxylation is 3. The Morgan fingerprint density at radius 3 is 2.39 bits per heavy atom. The van der Waals surface area contributed by atoms with Gasteiger partial charge >= 0.3 is 6.61 Å². The minimum Gasteiger partial charge on any atom is -0.432 e. The molecule has 3 aromatic carbocycles. The van der Waals surface area contributed by atoms with Gasteiger partial charge < -0.3 is 18.9 Å². The number of benzene rings is 3. The summed E-state index contributed by atoms with van der Waals surface area (Å²) < 4.78 is 75.4. The van der Waals surface area contributed by atoms with E-state index in [1.165, 1.54) is 12.1 Å². The van der Waals surface area contributed by atoms with Crippen LogP contribution in [0.4, 0.5) is 17.6 Å². The lowest BCUT2D eigenvalue weighted by Gasteiger charge is -2.29. The van der Waals surface area contributed by atoms with Crippen molar-refractivity contribution >= 4 is 10.8 Å².